The minimum Gasteiger partial charge on any atom is -0.505 e. The minimum atomic E-state index is -0.459. The van der Waals surface area contributed by atoms with Crippen LogP contribution in [0.25, 0.3) is 0 Å². The number of nitrogens with zero attached hydrogens (tertiary/aromatic N) is 2. The van der Waals surface area contributed by atoms with Gasteiger partial charge in [0.25, 0.3) is 5.91 Å². The van der Waals surface area contributed by atoms with Crippen molar-refractivity contribution in [1.82, 2.24) is 15.2 Å². The van der Waals surface area contributed by atoms with E-state index in [4.69, 9.17) is 0 Å². The summed E-state index contributed by atoms with van der Waals surface area (Å²) in [6, 6.07) is 2.94. The quantitative estimate of drug-likeness (QED) is 0.824. The number of rotatable bonds is 5. The van der Waals surface area contributed by atoms with Crippen molar-refractivity contribution in [1.29, 1.82) is 0 Å². The maximum absolute atomic E-state index is 12.1. The number of aromatic hydroxyl groups is 1. The van der Waals surface area contributed by atoms with E-state index in [0.29, 0.717) is 6.54 Å². The molecule has 2 amide bonds. The van der Waals surface area contributed by atoms with Crippen LogP contribution in [0.2, 0.25) is 0 Å². The fourth-order valence-corrected chi connectivity index (χ4v) is 1.58. The molecule has 0 atom stereocenters. The van der Waals surface area contributed by atoms with E-state index in [9.17, 15) is 14.7 Å². The van der Waals surface area contributed by atoms with Crippen molar-refractivity contribution in [3.05, 3.63) is 24.0 Å². The number of carbonyl (C=O) groups excluding carboxylic acids is 2. The molecule has 1 heterocycles. The van der Waals surface area contributed by atoms with Crippen molar-refractivity contribution >= 4 is 11.8 Å². The molecule has 0 aromatic carbocycles. The van der Waals surface area contributed by atoms with Crippen LogP contribution in [-0.2, 0) is 4.79 Å². The molecule has 0 aliphatic heterocycles. The van der Waals surface area contributed by atoms with E-state index in [0.717, 1.165) is 0 Å². The summed E-state index contributed by atoms with van der Waals surface area (Å²) in [7, 11) is 0. The Kier molecular flexibility index (Phi) is 5.29. The Hall–Kier alpha value is -2.11. The molecule has 0 fully saturated rings. The van der Waals surface area contributed by atoms with Crippen LogP contribution in [0.1, 0.15) is 31.3 Å². The van der Waals surface area contributed by atoms with Crippen molar-refractivity contribution in [2.24, 2.45) is 0 Å². The Morgan fingerprint density at radius 3 is 2.68 bits per heavy atom. The van der Waals surface area contributed by atoms with Gasteiger partial charge in [0.1, 0.15) is 5.75 Å². The van der Waals surface area contributed by atoms with Crippen LogP contribution < -0.4 is 5.32 Å². The Balaban J connectivity index is 2.78. The lowest BCUT2D eigenvalue weighted by molar-refractivity contribution is -0.122. The van der Waals surface area contributed by atoms with Crippen LogP contribution in [0.4, 0.5) is 0 Å². The fraction of sp³-hybridized carbons (Fsp3) is 0.462. The van der Waals surface area contributed by atoms with Gasteiger partial charge in [0, 0.05) is 18.8 Å². The predicted molar refractivity (Wildman–Crippen MR) is 70.8 cm³/mol. The zero-order chi connectivity index (χ0) is 14.4. The second-order valence-electron chi connectivity index (χ2n) is 4.41. The van der Waals surface area contributed by atoms with Gasteiger partial charge in [0.05, 0.1) is 6.54 Å². The zero-order valence-electron chi connectivity index (χ0n) is 11.4. The van der Waals surface area contributed by atoms with E-state index in [1.165, 1.54) is 23.2 Å². The third kappa shape index (κ3) is 4.24. The average Bonchev–Trinajstić information content (AvgIpc) is 2.35. The van der Waals surface area contributed by atoms with Crippen LogP contribution in [-0.4, -0.2) is 45.9 Å². The molecule has 0 aliphatic carbocycles. The Morgan fingerprint density at radius 1 is 1.47 bits per heavy atom. The van der Waals surface area contributed by atoms with Gasteiger partial charge in [0.15, 0.2) is 5.69 Å². The summed E-state index contributed by atoms with van der Waals surface area (Å²) >= 11 is 0. The standard InChI is InChI=1S/C13H19N3O3/c1-4-16(8-11(18)15-9(2)3)13(19)12-10(17)6-5-7-14-12/h5-7,9,17H,4,8H2,1-3H3,(H,15,18). The fourth-order valence-electron chi connectivity index (χ4n) is 1.58. The topological polar surface area (TPSA) is 82.5 Å². The van der Waals surface area contributed by atoms with Gasteiger partial charge in [-0.3, -0.25) is 9.59 Å². The first-order chi connectivity index (χ1) is 8.95. The first kappa shape index (κ1) is 14.9. The highest BCUT2D eigenvalue weighted by molar-refractivity contribution is 5.96. The third-order valence-electron chi connectivity index (χ3n) is 2.44. The van der Waals surface area contributed by atoms with Gasteiger partial charge in [-0.15, -0.1) is 0 Å². The smallest absolute Gasteiger partial charge is 0.276 e. The van der Waals surface area contributed by atoms with Gasteiger partial charge in [-0.05, 0) is 32.9 Å². The highest BCUT2D eigenvalue weighted by Gasteiger charge is 2.21. The van der Waals surface area contributed by atoms with E-state index in [1.54, 1.807) is 6.92 Å². The van der Waals surface area contributed by atoms with Crippen molar-refractivity contribution in [3.63, 3.8) is 0 Å². The van der Waals surface area contributed by atoms with Crippen molar-refractivity contribution in [2.45, 2.75) is 26.8 Å². The molecule has 0 saturated carbocycles. The highest BCUT2D eigenvalue weighted by Crippen LogP contribution is 2.14. The molecule has 2 N–H and O–H groups in total. The molecular formula is C13H19N3O3. The van der Waals surface area contributed by atoms with E-state index in [-0.39, 0.29) is 29.9 Å². The number of nitrogens with one attached hydrogen (secondary N) is 1. The number of hydrogen-bond donors (Lipinski definition) is 2. The number of amides is 2. The second-order valence-corrected chi connectivity index (χ2v) is 4.41. The number of hydrogen-bond acceptors (Lipinski definition) is 4. The second kappa shape index (κ2) is 6.72. The third-order valence-corrected chi connectivity index (χ3v) is 2.44. The molecule has 0 radical (unpaired) electrons. The lowest BCUT2D eigenvalue weighted by atomic mass is 10.2. The van der Waals surface area contributed by atoms with Crippen molar-refractivity contribution in [2.75, 3.05) is 13.1 Å². The summed E-state index contributed by atoms with van der Waals surface area (Å²) in [5.41, 5.74) is -0.0401. The van der Waals surface area contributed by atoms with Gasteiger partial charge in [0.2, 0.25) is 5.91 Å². The van der Waals surface area contributed by atoms with Crippen LogP contribution in [0.15, 0.2) is 18.3 Å². The zero-order valence-corrected chi connectivity index (χ0v) is 11.4. The maximum Gasteiger partial charge on any atom is 0.276 e. The maximum atomic E-state index is 12.1. The summed E-state index contributed by atoms with van der Waals surface area (Å²) in [4.78, 5) is 29.0. The summed E-state index contributed by atoms with van der Waals surface area (Å²) < 4.78 is 0. The average molecular weight is 265 g/mol. The Bertz CT molecular complexity index is 460. The van der Waals surface area contributed by atoms with E-state index >= 15 is 0 Å². The number of aromatic nitrogens is 1. The first-order valence-electron chi connectivity index (χ1n) is 6.18. The summed E-state index contributed by atoms with van der Waals surface area (Å²) in [6.07, 6.45) is 1.43. The molecule has 1 rings (SSSR count). The molecule has 1 aromatic rings. The van der Waals surface area contributed by atoms with E-state index in [1.807, 2.05) is 13.8 Å². The molecule has 6 heteroatoms. The largest absolute Gasteiger partial charge is 0.505 e. The first-order valence-corrected chi connectivity index (χ1v) is 6.18. The SMILES string of the molecule is CCN(CC(=O)NC(C)C)C(=O)c1ncccc1O. The molecule has 0 spiro atoms. The molecule has 0 saturated heterocycles. The highest BCUT2D eigenvalue weighted by atomic mass is 16.3. The number of carbonyl (C=O) groups is 2. The monoisotopic (exact) mass is 265 g/mol. The molecule has 6 nitrogen and oxygen atoms in total. The van der Waals surface area contributed by atoms with Crippen molar-refractivity contribution in [3.8, 4) is 5.75 Å². The van der Waals surface area contributed by atoms with Crippen LogP contribution in [0.3, 0.4) is 0 Å². The summed E-state index contributed by atoms with van der Waals surface area (Å²) in [5, 5.41) is 12.3. The lowest BCUT2D eigenvalue weighted by Gasteiger charge is -2.21. The summed E-state index contributed by atoms with van der Waals surface area (Å²) in [5.74, 6) is -0.879. The van der Waals surface area contributed by atoms with Gasteiger partial charge in [-0.2, -0.15) is 0 Å². The minimum absolute atomic E-state index is 0.0181. The number of pyridine rings is 1. The van der Waals surface area contributed by atoms with E-state index in [2.05, 4.69) is 10.3 Å². The Morgan fingerprint density at radius 2 is 2.16 bits per heavy atom. The number of likely N-dealkylation sites (N-methyl/N-ethyl adjacent to an activating group) is 1. The normalized spacial score (nSPS) is 10.3. The molecule has 1 aromatic heterocycles. The lowest BCUT2D eigenvalue weighted by Crippen LogP contribution is -2.42. The molecule has 0 bridgehead atoms. The predicted octanol–water partition coefficient (Wildman–Crippen LogP) is 0.774. The molecule has 0 unspecified atom stereocenters. The molecule has 19 heavy (non-hydrogen) atoms. The van der Waals surface area contributed by atoms with Crippen LogP contribution in [0.5, 0.6) is 5.75 Å². The van der Waals surface area contributed by atoms with Crippen LogP contribution in [0, 0.1) is 0 Å². The van der Waals surface area contributed by atoms with Crippen molar-refractivity contribution < 1.29 is 14.7 Å². The van der Waals surface area contributed by atoms with Gasteiger partial charge in [-0.1, -0.05) is 0 Å². The van der Waals surface area contributed by atoms with Gasteiger partial charge < -0.3 is 15.3 Å². The molecule has 0 aliphatic rings. The molecule has 104 valence electrons. The molecular weight excluding hydrogens is 246 g/mol. The van der Waals surface area contributed by atoms with Gasteiger partial charge >= 0.3 is 0 Å². The van der Waals surface area contributed by atoms with E-state index < -0.39 is 5.91 Å². The van der Waals surface area contributed by atoms with Gasteiger partial charge in [-0.25, -0.2) is 4.98 Å². The van der Waals surface area contributed by atoms with Crippen LogP contribution >= 0.6 is 0 Å². The Labute approximate surface area is 112 Å². The summed E-state index contributed by atoms with van der Waals surface area (Å²) in [6.45, 7) is 5.77.